The number of fused-ring (bicyclic) bond motifs is 3. The van der Waals surface area contributed by atoms with Crippen LogP contribution in [0.3, 0.4) is 0 Å². The van der Waals surface area contributed by atoms with E-state index in [1.54, 1.807) is 5.57 Å². The van der Waals surface area contributed by atoms with Gasteiger partial charge in [0.2, 0.25) is 0 Å². The molecule has 4 aliphatic rings. The Bertz CT molecular complexity index is 997. The molecule has 2 atom stereocenters. The predicted molar refractivity (Wildman–Crippen MR) is 117 cm³/mol. The van der Waals surface area contributed by atoms with Crippen LogP contribution in [0.2, 0.25) is 0 Å². The second-order valence-electron chi connectivity index (χ2n) is 7.50. The van der Waals surface area contributed by atoms with E-state index in [9.17, 15) is 0 Å². The summed E-state index contributed by atoms with van der Waals surface area (Å²) in [7, 11) is 0. The van der Waals surface area contributed by atoms with Crippen LogP contribution in [-0.2, 0) is 0 Å². The third kappa shape index (κ3) is 2.58. The maximum atomic E-state index is 3.68. The summed E-state index contributed by atoms with van der Waals surface area (Å²) in [4.78, 5) is 0. The summed E-state index contributed by atoms with van der Waals surface area (Å²) in [5, 5.41) is 0.476. The molecule has 2 heteroatoms. The Balaban J connectivity index is 1.39. The van der Waals surface area contributed by atoms with E-state index in [1.165, 1.54) is 49.2 Å². The second-order valence-corrected chi connectivity index (χ2v) is 10.1. The van der Waals surface area contributed by atoms with Crippen LogP contribution in [0.5, 0.6) is 0 Å². The molecule has 0 saturated carbocycles. The van der Waals surface area contributed by atoms with Crippen LogP contribution < -0.4 is 0 Å². The number of hydrogen-bond donors (Lipinski definition) is 0. The van der Waals surface area contributed by atoms with E-state index in [0.29, 0.717) is 11.2 Å². The van der Waals surface area contributed by atoms with Crippen molar-refractivity contribution in [2.75, 3.05) is 0 Å². The van der Waals surface area contributed by atoms with Crippen molar-refractivity contribution in [3.63, 3.8) is 0 Å². The van der Waals surface area contributed by atoms with Gasteiger partial charge in [-0.05, 0) is 93.3 Å². The van der Waals surface area contributed by atoms with Gasteiger partial charge in [-0.2, -0.15) is 0 Å². The lowest BCUT2D eigenvalue weighted by Gasteiger charge is -2.23. The minimum Gasteiger partial charge on any atom is -0.106 e. The molecular weight excluding hydrogens is 400 g/mol. The van der Waals surface area contributed by atoms with Crippen molar-refractivity contribution in [3.8, 4) is 0 Å². The fourth-order valence-corrected chi connectivity index (χ4v) is 6.50. The lowest BCUT2D eigenvalue weighted by molar-refractivity contribution is 0.742. The molecule has 0 radical (unpaired) electrons. The third-order valence-electron chi connectivity index (χ3n) is 6.03. The highest BCUT2D eigenvalue weighted by Gasteiger charge is 2.32. The van der Waals surface area contributed by atoms with E-state index in [-0.39, 0.29) is 0 Å². The molecule has 2 unspecified atom stereocenters. The molecule has 1 heterocycles. The van der Waals surface area contributed by atoms with Gasteiger partial charge in [0.25, 0.3) is 0 Å². The first kappa shape index (κ1) is 16.6. The summed E-state index contributed by atoms with van der Waals surface area (Å²) in [5.41, 5.74) is 11.8. The molecule has 0 fully saturated rings. The normalized spacial score (nSPS) is 25.9. The van der Waals surface area contributed by atoms with Crippen LogP contribution in [0.1, 0.15) is 43.7 Å². The quantitative estimate of drug-likeness (QED) is 0.489. The Hall–Kier alpha value is -1.51. The zero-order valence-electron chi connectivity index (χ0n) is 15.1. The van der Waals surface area contributed by atoms with E-state index >= 15 is 0 Å². The van der Waals surface area contributed by atoms with E-state index in [4.69, 9.17) is 0 Å². The van der Waals surface area contributed by atoms with Crippen molar-refractivity contribution in [2.45, 2.75) is 37.9 Å². The van der Waals surface area contributed by atoms with Crippen molar-refractivity contribution in [1.82, 2.24) is 0 Å². The van der Waals surface area contributed by atoms with Gasteiger partial charge in [0, 0.05) is 5.92 Å². The second kappa shape index (κ2) is 6.28. The van der Waals surface area contributed by atoms with Crippen LogP contribution >= 0.6 is 27.7 Å². The van der Waals surface area contributed by atoms with Crippen LogP contribution in [0.25, 0.3) is 6.08 Å². The smallest absolute Gasteiger partial charge is 0.0542 e. The van der Waals surface area contributed by atoms with E-state index in [1.807, 2.05) is 11.8 Å². The Morgan fingerprint density at radius 3 is 2.81 bits per heavy atom. The Labute approximate surface area is 168 Å². The highest BCUT2D eigenvalue weighted by molar-refractivity contribution is 9.14. The largest absolute Gasteiger partial charge is 0.106 e. The first-order valence-electron chi connectivity index (χ1n) is 9.28. The van der Waals surface area contributed by atoms with Gasteiger partial charge in [-0.25, -0.2) is 0 Å². The molecule has 0 bridgehead atoms. The number of benzene rings is 1. The first-order valence-corrected chi connectivity index (χ1v) is 11.0. The van der Waals surface area contributed by atoms with Crippen molar-refractivity contribution in [2.24, 2.45) is 0 Å². The molecule has 0 aromatic heterocycles. The third-order valence-corrected chi connectivity index (χ3v) is 7.81. The number of hydrogen-bond acceptors (Lipinski definition) is 1. The lowest BCUT2D eigenvalue weighted by Crippen LogP contribution is -2.10. The molecule has 26 heavy (non-hydrogen) atoms. The summed E-state index contributed by atoms with van der Waals surface area (Å²) >= 11 is 5.60. The summed E-state index contributed by atoms with van der Waals surface area (Å²) < 4.78 is 1.25. The summed E-state index contributed by atoms with van der Waals surface area (Å²) in [6, 6.07) is 8.82. The number of thioether (sulfide) groups is 1. The lowest BCUT2D eigenvalue weighted by atomic mass is 9.84. The van der Waals surface area contributed by atoms with Gasteiger partial charge in [-0.15, -0.1) is 11.8 Å². The molecule has 1 aromatic rings. The molecule has 0 spiro atoms. The van der Waals surface area contributed by atoms with Gasteiger partial charge in [-0.1, -0.05) is 48.6 Å². The Morgan fingerprint density at radius 1 is 1.08 bits per heavy atom. The van der Waals surface area contributed by atoms with Gasteiger partial charge >= 0.3 is 0 Å². The van der Waals surface area contributed by atoms with E-state index < -0.39 is 0 Å². The van der Waals surface area contributed by atoms with Crippen molar-refractivity contribution in [1.29, 1.82) is 0 Å². The molecule has 1 aromatic carbocycles. The van der Waals surface area contributed by atoms with Crippen molar-refractivity contribution in [3.05, 3.63) is 96.9 Å². The topological polar surface area (TPSA) is 0 Å². The highest BCUT2D eigenvalue weighted by atomic mass is 79.9. The monoisotopic (exact) mass is 420 g/mol. The number of allylic oxidation sites excluding steroid dienone is 8. The van der Waals surface area contributed by atoms with Crippen LogP contribution in [0.15, 0.2) is 85.8 Å². The summed E-state index contributed by atoms with van der Waals surface area (Å²) in [6.45, 7) is 4.57. The molecule has 0 N–H and O–H groups in total. The summed E-state index contributed by atoms with van der Waals surface area (Å²) in [5.74, 6) is 0.559. The molecule has 3 aliphatic carbocycles. The van der Waals surface area contributed by atoms with E-state index in [0.717, 1.165) is 6.42 Å². The van der Waals surface area contributed by atoms with Gasteiger partial charge < -0.3 is 0 Å². The molecule has 0 amide bonds. The van der Waals surface area contributed by atoms with Crippen LogP contribution in [0.4, 0.5) is 0 Å². The molecule has 1 aliphatic heterocycles. The van der Waals surface area contributed by atoms with Gasteiger partial charge in [0.05, 0.1) is 9.06 Å². The van der Waals surface area contributed by atoms with Gasteiger partial charge in [0.15, 0.2) is 0 Å². The van der Waals surface area contributed by atoms with Crippen molar-refractivity contribution >= 4 is 33.8 Å². The molecule has 0 saturated heterocycles. The minimum absolute atomic E-state index is 0.476. The Kier molecular flexibility index (Phi) is 4.02. The van der Waals surface area contributed by atoms with Crippen LogP contribution in [0, 0.1) is 0 Å². The maximum absolute atomic E-state index is 3.68. The fraction of sp³-hybridized carbons (Fsp3) is 0.250. The fourth-order valence-electron chi connectivity index (χ4n) is 4.64. The predicted octanol–water partition coefficient (Wildman–Crippen LogP) is 7.44. The van der Waals surface area contributed by atoms with Gasteiger partial charge in [0.1, 0.15) is 0 Å². The highest BCUT2D eigenvalue weighted by Crippen LogP contribution is 2.51. The molecule has 130 valence electrons. The Morgan fingerprint density at radius 2 is 1.92 bits per heavy atom. The molecular formula is C24H21BrS. The molecule has 5 rings (SSSR count). The molecule has 0 nitrogen and oxygen atoms in total. The van der Waals surface area contributed by atoms with Gasteiger partial charge in [-0.3, -0.25) is 0 Å². The summed E-state index contributed by atoms with van der Waals surface area (Å²) in [6.07, 6.45) is 14.2. The van der Waals surface area contributed by atoms with Crippen molar-refractivity contribution < 1.29 is 0 Å². The SMILES string of the molecule is CC1=C(CCC2C=Cc3ccccc32)C2=CC3SC(Br)=CC3=C(C)C2=C1. The zero-order chi connectivity index (χ0) is 17.8. The zero-order valence-corrected chi connectivity index (χ0v) is 17.5. The van der Waals surface area contributed by atoms with Crippen LogP contribution in [-0.4, -0.2) is 5.25 Å². The first-order chi connectivity index (χ1) is 12.6. The van der Waals surface area contributed by atoms with E-state index in [2.05, 4.69) is 84.4 Å². The number of rotatable bonds is 3. The number of halogens is 1. The minimum atomic E-state index is 0.476. The average Bonchev–Trinajstić information content (AvgIpc) is 3.29. The standard InChI is InChI=1S/C24H21BrS/c1-14-11-20-15(2)21-13-24(25)26-23(21)12-22(20)18(14)10-9-17-8-7-16-5-3-4-6-19(16)17/h3-8,11-13,17,23H,9-10H2,1-2H3. The maximum Gasteiger partial charge on any atom is 0.0542 e. The average molecular weight is 421 g/mol.